The van der Waals surface area contributed by atoms with Crippen LogP contribution in [-0.2, 0) is 11.3 Å². The summed E-state index contributed by atoms with van der Waals surface area (Å²) in [6.07, 6.45) is 1.63. The maximum atomic E-state index is 12.5. The molecule has 0 atom stereocenters. The SMILES string of the molecule is CCCCN(C(=O)C(C)C)c1c(N)n(CC(C)C)c(=O)[nH]c1=O. The number of hydrogen-bond donors (Lipinski definition) is 2. The van der Waals surface area contributed by atoms with Crippen molar-refractivity contribution in [2.75, 3.05) is 17.2 Å². The lowest BCUT2D eigenvalue weighted by Gasteiger charge is -2.26. The number of aromatic nitrogens is 2. The second-order valence-electron chi connectivity index (χ2n) is 6.50. The van der Waals surface area contributed by atoms with Gasteiger partial charge in [-0.3, -0.25) is 19.1 Å². The van der Waals surface area contributed by atoms with E-state index < -0.39 is 11.2 Å². The van der Waals surface area contributed by atoms with Gasteiger partial charge in [-0.1, -0.05) is 41.0 Å². The minimum absolute atomic E-state index is 0.0533. The zero-order chi connectivity index (χ0) is 17.7. The van der Waals surface area contributed by atoms with Gasteiger partial charge < -0.3 is 10.6 Å². The minimum atomic E-state index is -0.613. The summed E-state index contributed by atoms with van der Waals surface area (Å²) in [5, 5.41) is 0. The molecule has 7 nitrogen and oxygen atoms in total. The number of aromatic amines is 1. The van der Waals surface area contributed by atoms with Gasteiger partial charge in [0.05, 0.1) is 0 Å². The van der Waals surface area contributed by atoms with Crippen molar-refractivity contribution in [1.82, 2.24) is 9.55 Å². The lowest BCUT2D eigenvalue weighted by molar-refractivity contribution is -0.121. The van der Waals surface area contributed by atoms with Crippen LogP contribution in [0.2, 0.25) is 0 Å². The van der Waals surface area contributed by atoms with Crippen LogP contribution in [0.5, 0.6) is 0 Å². The molecular formula is C16H28N4O3. The lowest BCUT2D eigenvalue weighted by Crippen LogP contribution is -2.43. The van der Waals surface area contributed by atoms with Crippen LogP contribution in [0.15, 0.2) is 9.59 Å². The number of anilines is 2. The molecule has 0 aliphatic carbocycles. The van der Waals surface area contributed by atoms with Crippen LogP contribution in [0.4, 0.5) is 11.5 Å². The van der Waals surface area contributed by atoms with Crippen LogP contribution in [0, 0.1) is 11.8 Å². The first-order valence-corrected chi connectivity index (χ1v) is 8.14. The Labute approximate surface area is 136 Å². The summed E-state index contributed by atoms with van der Waals surface area (Å²) in [7, 11) is 0. The molecule has 1 rings (SSSR count). The van der Waals surface area contributed by atoms with Crippen LogP contribution in [0.1, 0.15) is 47.5 Å². The third-order valence-corrected chi connectivity index (χ3v) is 3.53. The van der Waals surface area contributed by atoms with Crippen molar-refractivity contribution < 1.29 is 4.79 Å². The molecule has 0 saturated heterocycles. The molecule has 0 fully saturated rings. The fraction of sp³-hybridized carbons (Fsp3) is 0.688. The number of H-pyrrole nitrogens is 1. The first kappa shape index (κ1) is 19.0. The zero-order valence-corrected chi connectivity index (χ0v) is 14.7. The number of nitrogen functional groups attached to an aromatic ring is 1. The maximum absolute atomic E-state index is 12.5. The first-order chi connectivity index (χ1) is 10.7. The molecule has 1 heterocycles. The third kappa shape index (κ3) is 4.46. The normalized spacial score (nSPS) is 11.3. The van der Waals surface area contributed by atoms with E-state index >= 15 is 0 Å². The molecule has 0 saturated carbocycles. The molecular weight excluding hydrogens is 296 g/mol. The number of nitrogens with zero attached hydrogens (tertiary/aromatic N) is 2. The van der Waals surface area contributed by atoms with E-state index in [9.17, 15) is 14.4 Å². The quantitative estimate of drug-likeness (QED) is 0.794. The third-order valence-electron chi connectivity index (χ3n) is 3.53. The Morgan fingerprint density at radius 3 is 2.35 bits per heavy atom. The summed E-state index contributed by atoms with van der Waals surface area (Å²) in [4.78, 5) is 40.5. The van der Waals surface area contributed by atoms with Gasteiger partial charge in [-0.15, -0.1) is 0 Å². The summed E-state index contributed by atoms with van der Waals surface area (Å²) >= 11 is 0. The average Bonchev–Trinajstić information content (AvgIpc) is 2.45. The van der Waals surface area contributed by atoms with E-state index in [1.54, 1.807) is 13.8 Å². The predicted molar refractivity (Wildman–Crippen MR) is 92.7 cm³/mol. The lowest BCUT2D eigenvalue weighted by atomic mass is 10.1. The Morgan fingerprint density at radius 1 is 1.26 bits per heavy atom. The van der Waals surface area contributed by atoms with E-state index in [1.165, 1.54) is 9.47 Å². The minimum Gasteiger partial charge on any atom is -0.383 e. The van der Waals surface area contributed by atoms with Gasteiger partial charge in [-0.25, -0.2) is 4.79 Å². The van der Waals surface area contributed by atoms with Gasteiger partial charge in [0, 0.05) is 19.0 Å². The summed E-state index contributed by atoms with van der Waals surface area (Å²) in [6, 6.07) is 0. The summed E-state index contributed by atoms with van der Waals surface area (Å²) < 4.78 is 1.33. The second-order valence-corrected chi connectivity index (χ2v) is 6.50. The topological polar surface area (TPSA) is 101 Å². The number of amides is 1. The van der Waals surface area contributed by atoms with E-state index in [0.717, 1.165) is 12.8 Å². The second kappa shape index (κ2) is 7.99. The number of nitrogens with one attached hydrogen (secondary N) is 1. The van der Waals surface area contributed by atoms with Crippen molar-refractivity contribution in [1.29, 1.82) is 0 Å². The number of carbonyl (C=O) groups is 1. The number of carbonyl (C=O) groups excluding carboxylic acids is 1. The van der Waals surface area contributed by atoms with E-state index in [-0.39, 0.29) is 29.2 Å². The van der Waals surface area contributed by atoms with Crippen molar-refractivity contribution in [2.45, 2.75) is 54.0 Å². The molecule has 1 aromatic heterocycles. The molecule has 7 heteroatoms. The largest absolute Gasteiger partial charge is 0.383 e. The van der Waals surface area contributed by atoms with Gasteiger partial charge in [-0.05, 0) is 12.3 Å². The van der Waals surface area contributed by atoms with Crippen LogP contribution < -0.4 is 21.9 Å². The monoisotopic (exact) mass is 324 g/mol. The summed E-state index contributed by atoms with van der Waals surface area (Å²) in [5.41, 5.74) is 5.02. The fourth-order valence-electron chi connectivity index (χ4n) is 2.34. The Morgan fingerprint density at radius 2 is 1.87 bits per heavy atom. The molecule has 23 heavy (non-hydrogen) atoms. The smallest absolute Gasteiger partial charge is 0.330 e. The highest BCUT2D eigenvalue weighted by atomic mass is 16.2. The van der Waals surface area contributed by atoms with Gasteiger partial charge in [0.1, 0.15) is 5.82 Å². The van der Waals surface area contributed by atoms with Crippen molar-refractivity contribution in [3.63, 3.8) is 0 Å². The standard InChI is InChI=1S/C16H28N4O3/c1-6-7-8-19(15(22)11(4)5)12-13(17)20(9-10(2)3)16(23)18-14(12)21/h10-11H,6-9,17H2,1-5H3,(H,18,21,23). The molecule has 1 aromatic rings. The molecule has 130 valence electrons. The van der Waals surface area contributed by atoms with E-state index in [4.69, 9.17) is 5.73 Å². The van der Waals surface area contributed by atoms with Gasteiger partial charge in [0.15, 0.2) is 5.69 Å². The average molecular weight is 324 g/mol. The van der Waals surface area contributed by atoms with Crippen molar-refractivity contribution in [3.8, 4) is 0 Å². The number of nitrogens with two attached hydrogens (primary N) is 1. The molecule has 0 bridgehead atoms. The molecule has 0 spiro atoms. The van der Waals surface area contributed by atoms with E-state index in [2.05, 4.69) is 4.98 Å². The molecule has 0 radical (unpaired) electrons. The Hall–Kier alpha value is -2.05. The van der Waals surface area contributed by atoms with Crippen molar-refractivity contribution >= 4 is 17.4 Å². The van der Waals surface area contributed by atoms with Crippen LogP contribution >= 0.6 is 0 Å². The molecule has 0 unspecified atom stereocenters. The van der Waals surface area contributed by atoms with Gasteiger partial charge in [0.25, 0.3) is 5.56 Å². The number of hydrogen-bond acceptors (Lipinski definition) is 4. The highest BCUT2D eigenvalue weighted by Gasteiger charge is 2.25. The number of unbranched alkanes of at least 4 members (excludes halogenated alkanes) is 1. The molecule has 0 aliphatic rings. The zero-order valence-electron chi connectivity index (χ0n) is 14.7. The molecule has 3 N–H and O–H groups in total. The van der Waals surface area contributed by atoms with Crippen LogP contribution in [-0.4, -0.2) is 22.0 Å². The van der Waals surface area contributed by atoms with Crippen molar-refractivity contribution in [3.05, 3.63) is 20.8 Å². The Balaban J connectivity index is 3.49. The van der Waals surface area contributed by atoms with Crippen molar-refractivity contribution in [2.24, 2.45) is 11.8 Å². The first-order valence-electron chi connectivity index (χ1n) is 8.14. The summed E-state index contributed by atoms with van der Waals surface area (Å²) in [5.74, 6) is -0.210. The van der Waals surface area contributed by atoms with Gasteiger partial charge in [0.2, 0.25) is 5.91 Å². The highest BCUT2D eigenvalue weighted by Crippen LogP contribution is 2.20. The predicted octanol–water partition coefficient (Wildman–Crippen LogP) is 1.56. The molecule has 0 aliphatic heterocycles. The molecule has 0 aromatic carbocycles. The Kier molecular flexibility index (Phi) is 6.60. The van der Waals surface area contributed by atoms with Crippen LogP contribution in [0.3, 0.4) is 0 Å². The van der Waals surface area contributed by atoms with E-state index in [0.29, 0.717) is 13.1 Å². The fourth-order valence-corrected chi connectivity index (χ4v) is 2.34. The van der Waals surface area contributed by atoms with E-state index in [1.807, 2.05) is 20.8 Å². The number of rotatable bonds is 7. The van der Waals surface area contributed by atoms with Crippen LogP contribution in [0.25, 0.3) is 0 Å². The van der Waals surface area contributed by atoms with Gasteiger partial charge >= 0.3 is 5.69 Å². The Bertz CT molecular complexity index is 658. The highest BCUT2D eigenvalue weighted by molar-refractivity contribution is 5.96. The molecule has 1 amide bonds. The maximum Gasteiger partial charge on any atom is 0.330 e. The van der Waals surface area contributed by atoms with Gasteiger partial charge in [-0.2, -0.15) is 0 Å². The summed E-state index contributed by atoms with van der Waals surface area (Å²) in [6.45, 7) is 10.2.